The van der Waals surface area contributed by atoms with Gasteiger partial charge in [0.25, 0.3) is 5.91 Å². The van der Waals surface area contributed by atoms with Crippen LogP contribution in [0.15, 0.2) is 18.2 Å². The molecular formula is C16H22N2O3. The molecule has 5 nitrogen and oxygen atoms in total. The molecule has 1 aromatic carbocycles. The van der Waals surface area contributed by atoms with Crippen LogP contribution in [-0.2, 0) is 9.53 Å². The van der Waals surface area contributed by atoms with Gasteiger partial charge in [0.1, 0.15) is 17.4 Å². The lowest BCUT2D eigenvalue weighted by molar-refractivity contribution is -0.137. The third-order valence-corrected chi connectivity index (χ3v) is 3.31. The van der Waals surface area contributed by atoms with E-state index in [0.717, 1.165) is 0 Å². The van der Waals surface area contributed by atoms with Crippen molar-refractivity contribution in [3.8, 4) is 11.8 Å². The molecule has 0 radical (unpaired) electrons. The molecule has 1 rings (SSSR count). The van der Waals surface area contributed by atoms with E-state index in [1.807, 2.05) is 19.9 Å². The Hall–Kier alpha value is -2.06. The van der Waals surface area contributed by atoms with Crippen molar-refractivity contribution in [3.63, 3.8) is 0 Å². The molecule has 0 aliphatic rings. The second kappa shape index (κ2) is 7.09. The lowest BCUT2D eigenvalue weighted by atomic mass is 9.93. The van der Waals surface area contributed by atoms with Crippen LogP contribution in [0, 0.1) is 17.2 Å². The van der Waals surface area contributed by atoms with Crippen molar-refractivity contribution in [2.24, 2.45) is 5.92 Å². The van der Waals surface area contributed by atoms with Crippen LogP contribution >= 0.6 is 0 Å². The van der Waals surface area contributed by atoms with Gasteiger partial charge in [-0.1, -0.05) is 13.8 Å². The zero-order valence-corrected chi connectivity index (χ0v) is 13.2. The highest BCUT2D eigenvalue weighted by atomic mass is 16.5. The summed E-state index contributed by atoms with van der Waals surface area (Å²) in [7, 11) is 3.02. The number of nitrogens with one attached hydrogen (secondary N) is 1. The monoisotopic (exact) mass is 290 g/mol. The third-order valence-electron chi connectivity index (χ3n) is 3.31. The minimum atomic E-state index is -0.902. The highest BCUT2D eigenvalue weighted by Gasteiger charge is 2.33. The summed E-state index contributed by atoms with van der Waals surface area (Å²) in [6.45, 7) is 5.83. The predicted molar refractivity (Wildman–Crippen MR) is 81.2 cm³/mol. The molecule has 0 unspecified atom stereocenters. The first-order chi connectivity index (χ1) is 9.86. The smallest absolute Gasteiger partial charge is 0.256 e. The summed E-state index contributed by atoms with van der Waals surface area (Å²) < 4.78 is 10.5. The number of methoxy groups -OCH3 is 2. The number of rotatable bonds is 6. The van der Waals surface area contributed by atoms with E-state index in [1.165, 1.54) is 14.2 Å². The van der Waals surface area contributed by atoms with Gasteiger partial charge in [0.2, 0.25) is 0 Å². The first-order valence-electron chi connectivity index (χ1n) is 6.81. The van der Waals surface area contributed by atoms with Crippen molar-refractivity contribution >= 4 is 11.6 Å². The maximum atomic E-state index is 12.4. The lowest BCUT2D eigenvalue weighted by Gasteiger charge is -2.28. The van der Waals surface area contributed by atoms with Crippen LogP contribution < -0.4 is 10.1 Å². The molecule has 1 amide bonds. The summed E-state index contributed by atoms with van der Waals surface area (Å²) in [5.41, 5.74) is 0.0172. The highest BCUT2D eigenvalue weighted by molar-refractivity contribution is 5.97. The number of anilines is 1. The van der Waals surface area contributed by atoms with Gasteiger partial charge in [0.05, 0.1) is 12.7 Å². The molecule has 0 saturated heterocycles. The summed E-state index contributed by atoms with van der Waals surface area (Å²) in [5, 5.41) is 11.9. The van der Waals surface area contributed by atoms with Crippen molar-refractivity contribution in [3.05, 3.63) is 23.8 Å². The predicted octanol–water partition coefficient (Wildman–Crippen LogP) is 2.96. The van der Waals surface area contributed by atoms with Gasteiger partial charge in [-0.2, -0.15) is 5.26 Å². The third kappa shape index (κ3) is 4.20. The summed E-state index contributed by atoms with van der Waals surface area (Å²) in [6, 6.07) is 6.97. The number of hydrogen-bond acceptors (Lipinski definition) is 4. The van der Waals surface area contributed by atoms with Crippen molar-refractivity contribution in [2.45, 2.75) is 32.8 Å². The Morgan fingerprint density at radius 1 is 1.43 bits per heavy atom. The Morgan fingerprint density at radius 2 is 2.10 bits per heavy atom. The molecule has 1 atom stereocenters. The maximum Gasteiger partial charge on any atom is 0.256 e. The van der Waals surface area contributed by atoms with Gasteiger partial charge in [-0.15, -0.1) is 0 Å². The normalized spacial score (nSPS) is 13.4. The van der Waals surface area contributed by atoms with Gasteiger partial charge in [0.15, 0.2) is 0 Å². The maximum absolute atomic E-state index is 12.4. The second-order valence-corrected chi connectivity index (χ2v) is 5.51. The molecule has 1 N–H and O–H groups in total. The number of carbonyl (C=O) groups excluding carboxylic acids is 1. The Kier molecular flexibility index (Phi) is 5.74. The first-order valence-corrected chi connectivity index (χ1v) is 6.81. The summed E-state index contributed by atoms with van der Waals surface area (Å²) in [4.78, 5) is 12.4. The minimum Gasteiger partial charge on any atom is -0.495 e. The molecule has 0 fully saturated rings. The van der Waals surface area contributed by atoms with E-state index in [-0.39, 0.29) is 5.91 Å². The number of nitriles is 1. The van der Waals surface area contributed by atoms with E-state index in [4.69, 9.17) is 14.7 Å². The summed E-state index contributed by atoms with van der Waals surface area (Å²) in [6.07, 6.45) is 0.608. The van der Waals surface area contributed by atoms with Gasteiger partial charge in [-0.05, 0) is 37.5 Å². The quantitative estimate of drug-likeness (QED) is 0.874. The average molecular weight is 290 g/mol. The van der Waals surface area contributed by atoms with Crippen LogP contribution in [0.5, 0.6) is 5.75 Å². The molecule has 0 heterocycles. The van der Waals surface area contributed by atoms with Crippen LogP contribution in [0.1, 0.15) is 32.8 Å². The Labute approximate surface area is 125 Å². The topological polar surface area (TPSA) is 71.3 Å². The van der Waals surface area contributed by atoms with Gasteiger partial charge < -0.3 is 14.8 Å². The van der Waals surface area contributed by atoms with Gasteiger partial charge in [-0.3, -0.25) is 4.79 Å². The molecule has 5 heteroatoms. The minimum absolute atomic E-state index is 0.229. The van der Waals surface area contributed by atoms with Crippen LogP contribution in [-0.4, -0.2) is 25.7 Å². The summed E-state index contributed by atoms with van der Waals surface area (Å²) in [5.74, 6) is 0.575. The number of benzene rings is 1. The van der Waals surface area contributed by atoms with Crippen molar-refractivity contribution in [2.75, 3.05) is 19.5 Å². The largest absolute Gasteiger partial charge is 0.495 e. The summed E-state index contributed by atoms with van der Waals surface area (Å²) >= 11 is 0. The molecule has 0 spiro atoms. The lowest BCUT2D eigenvalue weighted by Crippen LogP contribution is -2.43. The van der Waals surface area contributed by atoms with Gasteiger partial charge in [-0.25, -0.2) is 0 Å². The number of nitrogens with zero attached hydrogens (tertiary/aromatic N) is 1. The molecule has 0 saturated carbocycles. The van der Waals surface area contributed by atoms with E-state index in [9.17, 15) is 4.79 Å². The first kappa shape index (κ1) is 17.0. The molecule has 1 aromatic rings. The number of hydrogen-bond donors (Lipinski definition) is 1. The van der Waals surface area contributed by atoms with Gasteiger partial charge in [0, 0.05) is 12.8 Å². The number of carbonyl (C=O) groups is 1. The standard InChI is InChI=1S/C16H22N2O3/c1-11(2)9-16(3,21-5)15(19)18-13-6-7-14(20-4)12(8-13)10-17/h6-8,11H,9H2,1-5H3,(H,18,19)/t16-/m0/s1. The van der Waals surface area contributed by atoms with E-state index in [1.54, 1.807) is 25.1 Å². The van der Waals surface area contributed by atoms with Crippen LogP contribution in [0.4, 0.5) is 5.69 Å². The van der Waals surface area contributed by atoms with Gasteiger partial charge >= 0.3 is 0 Å². The fraction of sp³-hybridized carbons (Fsp3) is 0.500. The van der Waals surface area contributed by atoms with E-state index in [2.05, 4.69) is 5.32 Å². The molecular weight excluding hydrogens is 268 g/mol. The van der Waals surface area contributed by atoms with E-state index in [0.29, 0.717) is 29.3 Å². The Balaban J connectivity index is 2.95. The Bertz CT molecular complexity index is 549. The van der Waals surface area contributed by atoms with Crippen molar-refractivity contribution in [1.82, 2.24) is 0 Å². The van der Waals surface area contributed by atoms with Crippen LogP contribution in [0.3, 0.4) is 0 Å². The number of amides is 1. The van der Waals surface area contributed by atoms with E-state index >= 15 is 0 Å². The van der Waals surface area contributed by atoms with Crippen molar-refractivity contribution < 1.29 is 14.3 Å². The van der Waals surface area contributed by atoms with Crippen LogP contribution in [0.25, 0.3) is 0 Å². The van der Waals surface area contributed by atoms with Crippen LogP contribution in [0.2, 0.25) is 0 Å². The van der Waals surface area contributed by atoms with E-state index < -0.39 is 5.60 Å². The molecule has 0 aromatic heterocycles. The SMILES string of the molecule is COc1ccc(NC(=O)[C@](C)(CC(C)C)OC)cc1C#N. The fourth-order valence-corrected chi connectivity index (χ4v) is 2.18. The Morgan fingerprint density at radius 3 is 2.57 bits per heavy atom. The second-order valence-electron chi connectivity index (χ2n) is 5.51. The fourth-order valence-electron chi connectivity index (χ4n) is 2.18. The molecule has 0 aliphatic carbocycles. The zero-order valence-electron chi connectivity index (χ0n) is 13.2. The zero-order chi connectivity index (χ0) is 16.0. The molecule has 0 bridgehead atoms. The number of ether oxygens (including phenoxy) is 2. The highest BCUT2D eigenvalue weighted by Crippen LogP contribution is 2.25. The average Bonchev–Trinajstić information content (AvgIpc) is 2.46. The molecule has 114 valence electrons. The molecule has 21 heavy (non-hydrogen) atoms. The molecule has 0 aliphatic heterocycles. The van der Waals surface area contributed by atoms with Crippen molar-refractivity contribution in [1.29, 1.82) is 5.26 Å².